The number of hydrogen-bond acceptors (Lipinski definition) is 5. The lowest BCUT2D eigenvalue weighted by Gasteiger charge is -2.28. The molecule has 1 aliphatic carbocycles. The van der Waals surface area contributed by atoms with Crippen LogP contribution in [0.5, 0.6) is 0 Å². The van der Waals surface area contributed by atoms with E-state index in [9.17, 15) is 4.79 Å². The Morgan fingerprint density at radius 1 is 1.00 bits per heavy atom. The third kappa shape index (κ3) is 4.66. The van der Waals surface area contributed by atoms with Gasteiger partial charge in [-0.2, -0.15) is 0 Å². The lowest BCUT2D eigenvalue weighted by molar-refractivity contribution is -0.121. The Labute approximate surface area is 182 Å². The number of aryl methyl sites for hydroxylation is 1. The summed E-state index contributed by atoms with van der Waals surface area (Å²) in [6.07, 6.45) is 4.13. The van der Waals surface area contributed by atoms with Crippen LogP contribution in [0.2, 0.25) is 0 Å². The van der Waals surface area contributed by atoms with Crippen LogP contribution in [0.15, 0.2) is 48.5 Å². The summed E-state index contributed by atoms with van der Waals surface area (Å²) in [6, 6.07) is 17.3. The van der Waals surface area contributed by atoms with Gasteiger partial charge in [0.05, 0.1) is 6.54 Å². The highest BCUT2D eigenvalue weighted by atomic mass is 16.1. The highest BCUT2D eigenvalue weighted by Crippen LogP contribution is 2.22. The van der Waals surface area contributed by atoms with Gasteiger partial charge in [-0.15, -0.1) is 5.10 Å². The molecule has 1 aliphatic heterocycles. The normalized spacial score (nSPS) is 16.1. The summed E-state index contributed by atoms with van der Waals surface area (Å²) in [5.74, 6) is 0.978. The second kappa shape index (κ2) is 8.98. The Morgan fingerprint density at radius 3 is 2.48 bits per heavy atom. The molecule has 0 radical (unpaired) electrons. The van der Waals surface area contributed by atoms with Gasteiger partial charge in [0.15, 0.2) is 5.82 Å². The SMILES string of the molecule is O=C(CCCn1nnnc1CN1CCc2ccccc2C1)NC1Cc2ccccc2C1. The fourth-order valence-electron chi connectivity index (χ4n) is 4.75. The van der Waals surface area contributed by atoms with Crippen LogP contribution in [0.25, 0.3) is 0 Å². The Morgan fingerprint density at radius 2 is 1.71 bits per heavy atom. The zero-order valence-electron chi connectivity index (χ0n) is 17.7. The average Bonchev–Trinajstić information content (AvgIpc) is 3.39. The molecule has 1 amide bonds. The molecule has 2 heterocycles. The molecule has 2 aliphatic rings. The van der Waals surface area contributed by atoms with E-state index in [1.165, 1.54) is 22.3 Å². The summed E-state index contributed by atoms with van der Waals surface area (Å²) in [4.78, 5) is 14.8. The van der Waals surface area contributed by atoms with Crippen LogP contribution in [0.3, 0.4) is 0 Å². The van der Waals surface area contributed by atoms with Crippen molar-refractivity contribution in [2.45, 2.75) is 57.8 Å². The number of hydrogen-bond donors (Lipinski definition) is 1. The number of nitrogens with zero attached hydrogens (tertiary/aromatic N) is 5. The standard InChI is InChI=1S/C24H28N6O/c31-24(25-22-14-19-7-2-3-8-20(19)15-22)10-5-12-30-23(26-27-28-30)17-29-13-11-18-6-1-4-9-21(18)16-29/h1-4,6-9,22H,5,10-17H2,(H,25,31). The molecule has 5 rings (SSSR count). The monoisotopic (exact) mass is 416 g/mol. The third-order valence-corrected chi connectivity index (χ3v) is 6.37. The molecule has 0 atom stereocenters. The second-order valence-corrected chi connectivity index (χ2v) is 8.59. The molecule has 0 saturated carbocycles. The molecule has 0 saturated heterocycles. The maximum absolute atomic E-state index is 12.4. The molecule has 160 valence electrons. The minimum Gasteiger partial charge on any atom is -0.353 e. The van der Waals surface area contributed by atoms with Crippen LogP contribution in [0.1, 0.15) is 40.9 Å². The Balaban J connectivity index is 1.08. The minimum absolute atomic E-state index is 0.111. The van der Waals surface area contributed by atoms with Gasteiger partial charge >= 0.3 is 0 Å². The van der Waals surface area contributed by atoms with Crippen LogP contribution < -0.4 is 5.32 Å². The molecule has 0 bridgehead atoms. The van der Waals surface area contributed by atoms with Gasteiger partial charge in [-0.3, -0.25) is 9.69 Å². The summed E-state index contributed by atoms with van der Waals surface area (Å²) >= 11 is 0. The van der Waals surface area contributed by atoms with Crippen molar-refractivity contribution in [3.8, 4) is 0 Å². The summed E-state index contributed by atoms with van der Waals surface area (Å²) < 4.78 is 1.85. The van der Waals surface area contributed by atoms with E-state index in [2.05, 4.69) is 74.3 Å². The molecule has 3 aromatic rings. The van der Waals surface area contributed by atoms with Crippen LogP contribution in [0.4, 0.5) is 0 Å². The zero-order valence-corrected chi connectivity index (χ0v) is 17.7. The Kier molecular flexibility index (Phi) is 5.76. The molecular weight excluding hydrogens is 388 g/mol. The number of tetrazole rings is 1. The fraction of sp³-hybridized carbons (Fsp3) is 0.417. The predicted octanol–water partition coefficient (Wildman–Crippen LogP) is 2.30. The van der Waals surface area contributed by atoms with Crippen molar-refractivity contribution >= 4 is 5.91 Å². The Hall–Kier alpha value is -3.06. The number of nitrogens with one attached hydrogen (secondary N) is 1. The van der Waals surface area contributed by atoms with Crippen LogP contribution in [-0.4, -0.2) is 43.6 Å². The van der Waals surface area contributed by atoms with Gasteiger partial charge in [0.25, 0.3) is 0 Å². The number of aromatic nitrogens is 4. The van der Waals surface area contributed by atoms with Gasteiger partial charge in [0, 0.05) is 32.1 Å². The molecule has 0 unspecified atom stereocenters. The summed E-state index contributed by atoms with van der Waals surface area (Å²) in [5.41, 5.74) is 5.53. The maximum Gasteiger partial charge on any atom is 0.220 e. The first-order valence-electron chi connectivity index (χ1n) is 11.1. The van der Waals surface area contributed by atoms with E-state index in [1.807, 2.05) is 4.68 Å². The van der Waals surface area contributed by atoms with E-state index < -0.39 is 0 Å². The van der Waals surface area contributed by atoms with E-state index in [0.717, 1.165) is 51.1 Å². The molecule has 0 fully saturated rings. The molecule has 31 heavy (non-hydrogen) atoms. The van der Waals surface area contributed by atoms with Crippen molar-refractivity contribution in [2.75, 3.05) is 6.54 Å². The van der Waals surface area contributed by atoms with Gasteiger partial charge in [-0.25, -0.2) is 4.68 Å². The first kappa shape index (κ1) is 19.9. The van der Waals surface area contributed by atoms with E-state index in [0.29, 0.717) is 13.0 Å². The highest BCUT2D eigenvalue weighted by molar-refractivity contribution is 5.76. The predicted molar refractivity (Wildman–Crippen MR) is 117 cm³/mol. The molecule has 7 heteroatoms. The molecule has 2 aromatic carbocycles. The number of benzene rings is 2. The van der Waals surface area contributed by atoms with Gasteiger partial charge in [-0.1, -0.05) is 48.5 Å². The van der Waals surface area contributed by atoms with Crippen LogP contribution in [0, 0.1) is 0 Å². The number of rotatable bonds is 7. The van der Waals surface area contributed by atoms with Gasteiger partial charge in [0.2, 0.25) is 5.91 Å². The zero-order chi connectivity index (χ0) is 21.0. The minimum atomic E-state index is 0.111. The van der Waals surface area contributed by atoms with E-state index >= 15 is 0 Å². The van der Waals surface area contributed by atoms with Crippen LogP contribution in [-0.2, 0) is 43.7 Å². The molecule has 7 nitrogen and oxygen atoms in total. The highest BCUT2D eigenvalue weighted by Gasteiger charge is 2.22. The van der Waals surface area contributed by atoms with Crippen molar-refractivity contribution in [1.29, 1.82) is 0 Å². The second-order valence-electron chi connectivity index (χ2n) is 8.59. The fourth-order valence-corrected chi connectivity index (χ4v) is 4.75. The topological polar surface area (TPSA) is 75.9 Å². The molecule has 1 N–H and O–H groups in total. The van der Waals surface area contributed by atoms with E-state index in [1.54, 1.807) is 0 Å². The van der Waals surface area contributed by atoms with Gasteiger partial charge in [0.1, 0.15) is 0 Å². The molecule has 0 spiro atoms. The molecule has 1 aromatic heterocycles. The van der Waals surface area contributed by atoms with E-state index in [4.69, 9.17) is 0 Å². The summed E-state index contributed by atoms with van der Waals surface area (Å²) in [7, 11) is 0. The first-order chi connectivity index (χ1) is 15.2. The van der Waals surface area contributed by atoms with Gasteiger partial charge < -0.3 is 5.32 Å². The Bertz CT molecular complexity index is 1040. The van der Waals surface area contributed by atoms with Crippen molar-refractivity contribution in [3.05, 3.63) is 76.6 Å². The van der Waals surface area contributed by atoms with Crippen molar-refractivity contribution < 1.29 is 4.79 Å². The summed E-state index contributed by atoms with van der Waals surface area (Å²) in [5, 5.41) is 15.4. The smallest absolute Gasteiger partial charge is 0.220 e. The van der Waals surface area contributed by atoms with Gasteiger partial charge in [-0.05, 0) is 58.4 Å². The lowest BCUT2D eigenvalue weighted by Crippen LogP contribution is -2.35. The van der Waals surface area contributed by atoms with Crippen molar-refractivity contribution in [2.24, 2.45) is 0 Å². The number of carbonyl (C=O) groups excluding carboxylic acids is 1. The van der Waals surface area contributed by atoms with E-state index in [-0.39, 0.29) is 11.9 Å². The number of carbonyl (C=O) groups is 1. The molecular formula is C24H28N6O. The summed E-state index contributed by atoms with van der Waals surface area (Å²) in [6.45, 7) is 3.32. The quantitative estimate of drug-likeness (QED) is 0.640. The third-order valence-electron chi connectivity index (χ3n) is 6.37. The average molecular weight is 417 g/mol. The van der Waals surface area contributed by atoms with Crippen molar-refractivity contribution in [3.63, 3.8) is 0 Å². The van der Waals surface area contributed by atoms with Crippen LogP contribution >= 0.6 is 0 Å². The maximum atomic E-state index is 12.4. The van der Waals surface area contributed by atoms with Crippen molar-refractivity contribution in [1.82, 2.24) is 30.4 Å². The largest absolute Gasteiger partial charge is 0.353 e. The number of fused-ring (bicyclic) bond motifs is 2. The number of amides is 1. The lowest BCUT2D eigenvalue weighted by atomic mass is 10.00. The first-order valence-corrected chi connectivity index (χ1v) is 11.1.